The van der Waals surface area contributed by atoms with Crippen LogP contribution in [0.2, 0.25) is 0 Å². The highest BCUT2D eigenvalue weighted by atomic mass is 19.4. The molecule has 0 saturated carbocycles. The van der Waals surface area contributed by atoms with E-state index in [2.05, 4.69) is 5.32 Å². The van der Waals surface area contributed by atoms with Crippen molar-refractivity contribution in [3.05, 3.63) is 12.3 Å². The van der Waals surface area contributed by atoms with Crippen LogP contribution in [0.5, 0.6) is 0 Å². The van der Waals surface area contributed by atoms with Crippen molar-refractivity contribution in [1.29, 1.82) is 0 Å². The van der Waals surface area contributed by atoms with Gasteiger partial charge in [0.25, 0.3) is 0 Å². The zero-order chi connectivity index (χ0) is 10.7. The third kappa shape index (κ3) is 2.67. The zero-order valence-electron chi connectivity index (χ0n) is 6.45. The fraction of sp³-hybridized carbons (Fsp3) is 0.500. The number of allylic oxidation sites excluding steroid dienone is 1. The maximum atomic E-state index is 12.1. The first-order valence-corrected chi connectivity index (χ1v) is 3.06. The van der Waals surface area contributed by atoms with Crippen molar-refractivity contribution < 1.29 is 26.7 Å². The van der Waals surface area contributed by atoms with Gasteiger partial charge in [0.05, 0.1) is 0 Å². The monoisotopic (exact) mass is 203 g/mol. The standard InChI is InChI=1S/C6H6F5NO/c1-12-3-2-4(13)5(7,8)6(9,10)11/h2-3,12H,1H3/b3-2+. The average Bonchev–Trinajstić information content (AvgIpc) is 1.97. The van der Waals surface area contributed by atoms with Gasteiger partial charge in [-0.25, -0.2) is 0 Å². The number of alkyl halides is 5. The summed E-state index contributed by atoms with van der Waals surface area (Å²) in [6.07, 6.45) is -5.02. The van der Waals surface area contributed by atoms with Crippen molar-refractivity contribution in [2.75, 3.05) is 7.05 Å². The van der Waals surface area contributed by atoms with E-state index in [1.54, 1.807) is 0 Å². The number of carbonyl (C=O) groups is 1. The van der Waals surface area contributed by atoms with E-state index in [4.69, 9.17) is 0 Å². The molecule has 0 aliphatic carbocycles. The van der Waals surface area contributed by atoms with E-state index in [9.17, 15) is 26.7 Å². The number of nitrogens with one attached hydrogen (secondary N) is 1. The van der Waals surface area contributed by atoms with E-state index in [1.807, 2.05) is 0 Å². The molecule has 13 heavy (non-hydrogen) atoms. The van der Waals surface area contributed by atoms with Gasteiger partial charge in [-0.15, -0.1) is 0 Å². The molecule has 7 heteroatoms. The van der Waals surface area contributed by atoms with Gasteiger partial charge in [0.2, 0.25) is 5.78 Å². The van der Waals surface area contributed by atoms with E-state index in [0.29, 0.717) is 6.20 Å². The molecule has 1 N–H and O–H groups in total. The molecule has 0 aliphatic heterocycles. The van der Waals surface area contributed by atoms with Crippen molar-refractivity contribution in [3.63, 3.8) is 0 Å². The Morgan fingerprint density at radius 3 is 2.00 bits per heavy atom. The summed E-state index contributed by atoms with van der Waals surface area (Å²) in [6, 6.07) is 0. The Morgan fingerprint density at radius 2 is 1.69 bits per heavy atom. The molecule has 2 nitrogen and oxygen atoms in total. The van der Waals surface area contributed by atoms with Crippen molar-refractivity contribution >= 4 is 5.78 Å². The minimum atomic E-state index is -5.85. The summed E-state index contributed by atoms with van der Waals surface area (Å²) in [5, 5.41) is 2.12. The van der Waals surface area contributed by atoms with Crippen LogP contribution < -0.4 is 5.32 Å². The maximum Gasteiger partial charge on any atom is 0.461 e. The summed E-state index contributed by atoms with van der Waals surface area (Å²) >= 11 is 0. The summed E-state index contributed by atoms with van der Waals surface area (Å²) in [5.74, 6) is -7.62. The first-order valence-electron chi connectivity index (χ1n) is 3.06. The Hall–Kier alpha value is -1.14. The minimum absolute atomic E-state index is 0.132. The van der Waals surface area contributed by atoms with Crippen LogP contribution in [0.1, 0.15) is 0 Å². The quantitative estimate of drug-likeness (QED) is 0.556. The SMILES string of the molecule is CN/C=C/C(=O)C(F)(F)C(F)(F)F. The van der Waals surface area contributed by atoms with Crippen molar-refractivity contribution in [3.8, 4) is 0 Å². The average molecular weight is 203 g/mol. The van der Waals surface area contributed by atoms with Gasteiger partial charge in [-0.05, 0) is 6.20 Å². The summed E-state index contributed by atoms with van der Waals surface area (Å²) < 4.78 is 58.6. The molecule has 0 aromatic heterocycles. The van der Waals surface area contributed by atoms with E-state index in [-0.39, 0.29) is 6.08 Å². The van der Waals surface area contributed by atoms with E-state index >= 15 is 0 Å². The molecule has 0 fully saturated rings. The Balaban J connectivity index is 4.65. The highest BCUT2D eigenvalue weighted by Gasteiger charge is 2.62. The molecule has 0 amide bonds. The summed E-state index contributed by atoms with van der Waals surface area (Å²) in [4.78, 5) is 10.3. The number of halogens is 5. The molecule has 0 spiro atoms. The van der Waals surface area contributed by atoms with Crippen LogP contribution in [0.3, 0.4) is 0 Å². The molecular weight excluding hydrogens is 197 g/mol. The molecule has 0 saturated heterocycles. The fourth-order valence-electron chi connectivity index (χ4n) is 0.403. The van der Waals surface area contributed by atoms with Crippen LogP contribution in [-0.2, 0) is 4.79 Å². The van der Waals surface area contributed by atoms with Gasteiger partial charge in [-0.2, -0.15) is 22.0 Å². The van der Waals surface area contributed by atoms with Crippen LogP contribution in [0, 0.1) is 0 Å². The van der Waals surface area contributed by atoms with Crippen LogP contribution in [-0.4, -0.2) is 24.9 Å². The number of rotatable bonds is 3. The van der Waals surface area contributed by atoms with E-state index < -0.39 is 17.9 Å². The first-order chi connectivity index (χ1) is 5.73. The lowest BCUT2D eigenvalue weighted by molar-refractivity contribution is -0.266. The second-order valence-electron chi connectivity index (χ2n) is 2.06. The lowest BCUT2D eigenvalue weighted by Crippen LogP contribution is -2.43. The summed E-state index contributed by atoms with van der Waals surface area (Å²) in [6.45, 7) is 0. The highest BCUT2D eigenvalue weighted by Crippen LogP contribution is 2.36. The predicted molar refractivity (Wildman–Crippen MR) is 34.2 cm³/mol. The summed E-state index contributed by atoms with van der Waals surface area (Å²) in [5.41, 5.74) is 0. The molecule has 76 valence electrons. The van der Waals surface area contributed by atoms with Crippen LogP contribution in [0.25, 0.3) is 0 Å². The molecule has 0 heterocycles. The minimum Gasteiger partial charge on any atom is -0.394 e. The van der Waals surface area contributed by atoms with E-state index in [0.717, 1.165) is 0 Å². The molecule has 0 aromatic rings. The third-order valence-electron chi connectivity index (χ3n) is 1.07. The lowest BCUT2D eigenvalue weighted by Gasteiger charge is -2.15. The van der Waals surface area contributed by atoms with Gasteiger partial charge in [-0.3, -0.25) is 4.79 Å². The largest absolute Gasteiger partial charge is 0.461 e. The topological polar surface area (TPSA) is 29.1 Å². The van der Waals surface area contributed by atoms with Gasteiger partial charge in [0, 0.05) is 13.1 Å². The Kier molecular flexibility index (Phi) is 3.39. The second-order valence-corrected chi connectivity index (χ2v) is 2.06. The molecule has 0 bridgehead atoms. The van der Waals surface area contributed by atoms with Crippen LogP contribution in [0.15, 0.2) is 12.3 Å². The van der Waals surface area contributed by atoms with Crippen LogP contribution >= 0.6 is 0 Å². The molecular formula is C6H6F5NO. The first kappa shape index (κ1) is 11.9. The zero-order valence-corrected chi connectivity index (χ0v) is 6.45. The molecule has 0 aliphatic rings. The normalized spacial score (nSPS) is 13.4. The van der Waals surface area contributed by atoms with Gasteiger partial charge >= 0.3 is 12.1 Å². The maximum absolute atomic E-state index is 12.1. The highest BCUT2D eigenvalue weighted by molar-refractivity contribution is 5.96. The summed E-state index contributed by atoms with van der Waals surface area (Å²) in [7, 11) is 1.26. The van der Waals surface area contributed by atoms with Gasteiger partial charge < -0.3 is 5.32 Å². The molecule has 0 aromatic carbocycles. The fourth-order valence-corrected chi connectivity index (χ4v) is 0.403. The van der Waals surface area contributed by atoms with Gasteiger partial charge in [-0.1, -0.05) is 0 Å². The number of hydrogen-bond donors (Lipinski definition) is 1. The van der Waals surface area contributed by atoms with Gasteiger partial charge in [0.15, 0.2) is 0 Å². The molecule has 0 unspecified atom stereocenters. The smallest absolute Gasteiger partial charge is 0.394 e. The third-order valence-corrected chi connectivity index (χ3v) is 1.07. The number of carbonyl (C=O) groups excluding carboxylic acids is 1. The Labute approximate surface area is 70.4 Å². The lowest BCUT2D eigenvalue weighted by atomic mass is 10.2. The Morgan fingerprint density at radius 1 is 1.23 bits per heavy atom. The molecule has 0 radical (unpaired) electrons. The number of ketones is 1. The molecule has 0 atom stereocenters. The van der Waals surface area contributed by atoms with Crippen LogP contribution in [0.4, 0.5) is 22.0 Å². The second kappa shape index (κ2) is 3.71. The van der Waals surface area contributed by atoms with Crippen molar-refractivity contribution in [1.82, 2.24) is 5.32 Å². The van der Waals surface area contributed by atoms with Crippen molar-refractivity contribution in [2.24, 2.45) is 0 Å². The van der Waals surface area contributed by atoms with Gasteiger partial charge in [0.1, 0.15) is 0 Å². The predicted octanol–water partition coefficient (Wildman–Crippen LogP) is 1.49. The molecule has 0 rings (SSSR count). The Bertz CT molecular complexity index is 220. The van der Waals surface area contributed by atoms with E-state index in [1.165, 1.54) is 7.05 Å². The number of hydrogen-bond acceptors (Lipinski definition) is 2. The van der Waals surface area contributed by atoms with Crippen molar-refractivity contribution in [2.45, 2.75) is 12.1 Å².